The minimum absolute atomic E-state index is 0.617. The summed E-state index contributed by atoms with van der Waals surface area (Å²) in [5.74, 6) is 0.617. The Bertz CT molecular complexity index is 3480. The van der Waals surface area contributed by atoms with Crippen LogP contribution in [-0.4, -0.2) is 19.1 Å². The second kappa shape index (κ2) is 11.5. The zero-order valence-corrected chi connectivity index (χ0v) is 29.5. The number of fused-ring (bicyclic) bond motifs is 11. The average molecular weight is 703 g/mol. The number of furan rings is 1. The molecule has 256 valence electrons. The van der Waals surface area contributed by atoms with E-state index in [0.29, 0.717) is 5.95 Å². The summed E-state index contributed by atoms with van der Waals surface area (Å²) in [6.07, 6.45) is 0. The first kappa shape index (κ1) is 30.0. The molecule has 12 rings (SSSR count). The first-order valence-electron chi connectivity index (χ1n) is 18.6. The molecule has 0 aliphatic rings. The SMILES string of the molecule is c1ccc(-c2nc(-n3c4ccccc4c4ccc(-c5ccc6c(c5)c5ccccc5n6-c5ccccc5)cc43)nc3ccc4c5ccccc5oc4c23)cc1. The van der Waals surface area contributed by atoms with Gasteiger partial charge in [0, 0.05) is 43.6 Å². The van der Waals surface area contributed by atoms with Gasteiger partial charge in [0.25, 0.3) is 0 Å². The minimum atomic E-state index is 0.617. The molecule has 4 heterocycles. The van der Waals surface area contributed by atoms with Crippen LogP contribution >= 0.6 is 0 Å². The molecule has 0 amide bonds. The summed E-state index contributed by atoms with van der Waals surface area (Å²) in [6.45, 7) is 0. The lowest BCUT2D eigenvalue weighted by Gasteiger charge is -2.12. The van der Waals surface area contributed by atoms with E-state index in [1.54, 1.807) is 0 Å². The van der Waals surface area contributed by atoms with Crippen molar-refractivity contribution >= 4 is 76.5 Å². The topological polar surface area (TPSA) is 48.8 Å². The number of hydrogen-bond donors (Lipinski definition) is 0. The van der Waals surface area contributed by atoms with E-state index < -0.39 is 0 Å². The number of para-hydroxylation sites is 4. The van der Waals surface area contributed by atoms with Gasteiger partial charge in [0.15, 0.2) is 0 Å². The molecule has 0 N–H and O–H groups in total. The highest BCUT2D eigenvalue weighted by atomic mass is 16.3. The third-order valence-corrected chi connectivity index (χ3v) is 11.1. The number of benzene rings is 8. The standard InChI is InChI=1S/C50H30N4O/c1-3-13-31(14-4-1)48-47-41(27-26-39-38-19-9-12-22-46(38)55-49(39)47)51-50(52-48)54-43-21-11-7-17-35(43)37-25-23-33(30-45(37)54)32-24-28-44-40(29-32)36-18-8-10-20-42(36)53(44)34-15-5-2-6-16-34/h1-30H. The zero-order chi connectivity index (χ0) is 36.0. The molecule has 12 aromatic rings. The molecule has 0 saturated carbocycles. The molecule has 0 atom stereocenters. The van der Waals surface area contributed by atoms with Crippen molar-refractivity contribution in [1.82, 2.24) is 19.1 Å². The number of rotatable bonds is 4. The summed E-state index contributed by atoms with van der Waals surface area (Å²) in [6, 6.07) is 64.3. The van der Waals surface area contributed by atoms with Gasteiger partial charge < -0.3 is 8.98 Å². The molecule has 5 nitrogen and oxygen atoms in total. The van der Waals surface area contributed by atoms with Crippen molar-refractivity contribution in [2.45, 2.75) is 0 Å². The average Bonchev–Trinajstić information content (AvgIpc) is 3.91. The first-order chi connectivity index (χ1) is 27.3. The quantitative estimate of drug-likeness (QED) is 0.183. The molecular weight excluding hydrogens is 673 g/mol. The van der Waals surface area contributed by atoms with Gasteiger partial charge in [-0.25, -0.2) is 9.97 Å². The second-order valence-electron chi connectivity index (χ2n) is 14.2. The van der Waals surface area contributed by atoms with Gasteiger partial charge in [-0.05, 0) is 71.8 Å². The molecule has 4 aromatic heterocycles. The summed E-state index contributed by atoms with van der Waals surface area (Å²) in [4.78, 5) is 10.8. The summed E-state index contributed by atoms with van der Waals surface area (Å²) in [7, 11) is 0. The van der Waals surface area contributed by atoms with E-state index in [2.05, 4.69) is 173 Å². The maximum absolute atomic E-state index is 6.56. The van der Waals surface area contributed by atoms with Crippen LogP contribution in [0, 0.1) is 0 Å². The molecule has 0 radical (unpaired) electrons. The molecular formula is C50H30N4O. The van der Waals surface area contributed by atoms with Crippen LogP contribution in [0.5, 0.6) is 0 Å². The Kier molecular flexibility index (Phi) is 6.27. The van der Waals surface area contributed by atoms with Crippen LogP contribution in [-0.2, 0) is 0 Å². The Morgan fingerprint density at radius 1 is 0.382 bits per heavy atom. The molecule has 5 heteroatoms. The molecule has 8 aromatic carbocycles. The third-order valence-electron chi connectivity index (χ3n) is 11.1. The van der Waals surface area contributed by atoms with Crippen molar-refractivity contribution in [1.29, 1.82) is 0 Å². The highest BCUT2D eigenvalue weighted by Crippen LogP contribution is 2.41. The van der Waals surface area contributed by atoms with Crippen molar-refractivity contribution in [3.8, 4) is 34.0 Å². The summed E-state index contributed by atoms with van der Waals surface area (Å²) in [5.41, 5.74) is 12.2. The van der Waals surface area contributed by atoms with E-state index in [1.165, 1.54) is 21.8 Å². The fourth-order valence-electron chi connectivity index (χ4n) is 8.67. The summed E-state index contributed by atoms with van der Waals surface area (Å²) >= 11 is 0. The van der Waals surface area contributed by atoms with E-state index in [1.807, 2.05) is 18.2 Å². The fraction of sp³-hybridized carbons (Fsp3) is 0. The molecule has 55 heavy (non-hydrogen) atoms. The van der Waals surface area contributed by atoms with Crippen LogP contribution in [0.15, 0.2) is 186 Å². The largest absolute Gasteiger partial charge is 0.455 e. The van der Waals surface area contributed by atoms with E-state index in [4.69, 9.17) is 14.4 Å². The second-order valence-corrected chi connectivity index (χ2v) is 14.2. The van der Waals surface area contributed by atoms with Gasteiger partial charge in [-0.3, -0.25) is 4.57 Å². The fourth-order valence-corrected chi connectivity index (χ4v) is 8.67. The molecule has 0 unspecified atom stereocenters. The van der Waals surface area contributed by atoms with Crippen molar-refractivity contribution < 1.29 is 4.42 Å². The van der Waals surface area contributed by atoms with Crippen LogP contribution in [0.1, 0.15) is 0 Å². The van der Waals surface area contributed by atoms with Crippen LogP contribution in [0.3, 0.4) is 0 Å². The van der Waals surface area contributed by atoms with Gasteiger partial charge in [-0.1, -0.05) is 121 Å². The Hall–Kier alpha value is -7.50. The van der Waals surface area contributed by atoms with E-state index in [-0.39, 0.29) is 0 Å². The lowest BCUT2D eigenvalue weighted by molar-refractivity contribution is 0.672. The Balaban J connectivity index is 1.11. The molecule has 0 spiro atoms. The molecule has 0 aliphatic carbocycles. The number of hydrogen-bond acceptors (Lipinski definition) is 3. The van der Waals surface area contributed by atoms with Crippen LogP contribution < -0.4 is 0 Å². The molecule has 0 saturated heterocycles. The predicted octanol–water partition coefficient (Wildman–Crippen LogP) is 13.1. The van der Waals surface area contributed by atoms with Crippen molar-refractivity contribution in [2.75, 3.05) is 0 Å². The Morgan fingerprint density at radius 2 is 0.982 bits per heavy atom. The van der Waals surface area contributed by atoms with Crippen molar-refractivity contribution in [3.05, 3.63) is 182 Å². The van der Waals surface area contributed by atoms with E-state index >= 15 is 0 Å². The molecule has 0 bridgehead atoms. The van der Waals surface area contributed by atoms with Crippen LogP contribution in [0.4, 0.5) is 0 Å². The van der Waals surface area contributed by atoms with Gasteiger partial charge in [0.2, 0.25) is 5.95 Å². The Morgan fingerprint density at radius 3 is 1.80 bits per heavy atom. The molecule has 0 aliphatic heterocycles. The first-order valence-corrected chi connectivity index (χ1v) is 18.6. The maximum Gasteiger partial charge on any atom is 0.235 e. The normalized spacial score (nSPS) is 12.0. The maximum atomic E-state index is 6.56. The smallest absolute Gasteiger partial charge is 0.235 e. The summed E-state index contributed by atoms with van der Waals surface area (Å²) < 4.78 is 11.1. The van der Waals surface area contributed by atoms with Crippen molar-refractivity contribution in [2.24, 2.45) is 0 Å². The van der Waals surface area contributed by atoms with Crippen LogP contribution in [0.25, 0.3) is 110 Å². The Labute approximate surface area is 315 Å². The number of aromatic nitrogens is 4. The molecule has 0 fully saturated rings. The number of nitrogens with zero attached hydrogens (tertiary/aromatic N) is 4. The van der Waals surface area contributed by atoms with Crippen LogP contribution in [0.2, 0.25) is 0 Å². The minimum Gasteiger partial charge on any atom is -0.455 e. The van der Waals surface area contributed by atoms with Gasteiger partial charge in [0.1, 0.15) is 11.2 Å². The lowest BCUT2D eigenvalue weighted by Crippen LogP contribution is -2.03. The van der Waals surface area contributed by atoms with Gasteiger partial charge in [-0.15, -0.1) is 0 Å². The monoisotopic (exact) mass is 702 g/mol. The van der Waals surface area contributed by atoms with E-state index in [9.17, 15) is 0 Å². The predicted molar refractivity (Wildman–Crippen MR) is 226 cm³/mol. The van der Waals surface area contributed by atoms with Gasteiger partial charge in [-0.2, -0.15) is 0 Å². The van der Waals surface area contributed by atoms with Crippen molar-refractivity contribution in [3.63, 3.8) is 0 Å². The van der Waals surface area contributed by atoms with Gasteiger partial charge in [0.05, 0.1) is 38.7 Å². The third kappa shape index (κ3) is 4.41. The highest BCUT2D eigenvalue weighted by molar-refractivity contribution is 6.18. The summed E-state index contributed by atoms with van der Waals surface area (Å²) in [5, 5.41) is 7.81. The van der Waals surface area contributed by atoms with E-state index in [0.717, 1.165) is 82.7 Å². The zero-order valence-electron chi connectivity index (χ0n) is 29.5. The highest BCUT2D eigenvalue weighted by Gasteiger charge is 2.21. The lowest BCUT2D eigenvalue weighted by atomic mass is 10.0. The van der Waals surface area contributed by atoms with Gasteiger partial charge >= 0.3 is 0 Å².